The monoisotopic (exact) mass is 603 g/mol. The van der Waals surface area contributed by atoms with Crippen LogP contribution >= 0.6 is 0 Å². The Hall–Kier alpha value is -4.97. The van der Waals surface area contributed by atoms with E-state index in [-0.39, 0.29) is 23.9 Å². The summed E-state index contributed by atoms with van der Waals surface area (Å²) in [6, 6.07) is 13.2. The van der Waals surface area contributed by atoms with E-state index >= 15 is 0 Å². The first-order valence-corrected chi connectivity index (χ1v) is 14.3. The van der Waals surface area contributed by atoms with E-state index in [0.717, 1.165) is 31.3 Å². The van der Waals surface area contributed by atoms with E-state index in [1.54, 1.807) is 36.5 Å². The summed E-state index contributed by atoms with van der Waals surface area (Å²) in [7, 11) is 6.02. The van der Waals surface area contributed by atoms with Crippen LogP contribution in [0.2, 0.25) is 0 Å². The minimum absolute atomic E-state index is 0.0515. The summed E-state index contributed by atoms with van der Waals surface area (Å²) in [5, 5.41) is 16.5. The number of hydrogen-bond acceptors (Lipinski definition) is 7. The van der Waals surface area contributed by atoms with Crippen molar-refractivity contribution in [1.82, 2.24) is 20.4 Å². The van der Waals surface area contributed by atoms with Crippen LogP contribution in [0, 0.1) is 11.6 Å². The number of amides is 2. The summed E-state index contributed by atoms with van der Waals surface area (Å²) in [4.78, 5) is 30.8. The first-order chi connectivity index (χ1) is 21.2. The zero-order valence-corrected chi connectivity index (χ0v) is 24.8. The van der Waals surface area contributed by atoms with Crippen molar-refractivity contribution in [2.24, 2.45) is 0 Å². The van der Waals surface area contributed by atoms with Crippen LogP contribution in [0.4, 0.5) is 26.0 Å². The lowest BCUT2D eigenvalue weighted by Gasteiger charge is -2.22. The molecule has 1 aromatic heterocycles. The van der Waals surface area contributed by atoms with Gasteiger partial charge in [0.25, 0.3) is 5.91 Å². The SMILES string of the molecule is CN(C)CCCN(C)c1ccc(C(=O)Nc2n[nH]c3ccc(OCc4cc(F)cc(F)c4)cc23)c(NC(=O)C2CC=CN2)c1. The first-order valence-electron chi connectivity index (χ1n) is 14.3. The van der Waals surface area contributed by atoms with Gasteiger partial charge in [-0.2, -0.15) is 5.10 Å². The molecule has 4 aromatic rings. The molecule has 5 rings (SSSR count). The van der Waals surface area contributed by atoms with Gasteiger partial charge in [0.15, 0.2) is 5.82 Å². The Morgan fingerprint density at radius 1 is 1.00 bits per heavy atom. The molecule has 1 aliphatic rings. The molecule has 1 unspecified atom stereocenters. The molecular formula is C32H35F2N7O3. The fourth-order valence-corrected chi connectivity index (χ4v) is 4.90. The Kier molecular flexibility index (Phi) is 9.39. The van der Waals surface area contributed by atoms with Gasteiger partial charge in [-0.05, 0) is 93.8 Å². The van der Waals surface area contributed by atoms with Crippen molar-refractivity contribution in [2.45, 2.75) is 25.5 Å². The number of fused-ring (bicyclic) bond motifs is 1. The predicted molar refractivity (Wildman–Crippen MR) is 167 cm³/mol. The molecule has 2 heterocycles. The van der Waals surface area contributed by atoms with Gasteiger partial charge in [0.05, 0.1) is 16.8 Å². The van der Waals surface area contributed by atoms with Crippen molar-refractivity contribution in [3.05, 3.63) is 89.6 Å². The lowest BCUT2D eigenvalue weighted by atomic mass is 10.1. The Bertz CT molecular complexity index is 1660. The fraction of sp³-hybridized carbons (Fsp3) is 0.281. The number of carbonyl (C=O) groups excluding carboxylic acids is 2. The van der Waals surface area contributed by atoms with Gasteiger partial charge in [-0.15, -0.1) is 0 Å². The molecule has 1 atom stereocenters. The second-order valence-electron chi connectivity index (χ2n) is 11.0. The number of aromatic nitrogens is 2. The highest BCUT2D eigenvalue weighted by atomic mass is 19.1. The number of nitrogens with zero attached hydrogens (tertiary/aromatic N) is 3. The minimum Gasteiger partial charge on any atom is -0.489 e. The van der Waals surface area contributed by atoms with E-state index < -0.39 is 23.6 Å². The van der Waals surface area contributed by atoms with Gasteiger partial charge in [0.1, 0.15) is 30.0 Å². The van der Waals surface area contributed by atoms with Crippen molar-refractivity contribution in [1.29, 1.82) is 0 Å². The van der Waals surface area contributed by atoms with E-state index in [2.05, 4.69) is 35.9 Å². The molecule has 0 spiro atoms. The summed E-state index contributed by atoms with van der Waals surface area (Å²) in [6.07, 6.45) is 5.12. The van der Waals surface area contributed by atoms with Crippen LogP contribution in [0.25, 0.3) is 10.9 Å². The van der Waals surface area contributed by atoms with Crippen molar-refractivity contribution < 1.29 is 23.1 Å². The van der Waals surface area contributed by atoms with Crippen LogP contribution < -0.4 is 25.6 Å². The number of halogens is 2. The van der Waals surface area contributed by atoms with E-state index in [1.807, 2.05) is 33.3 Å². The van der Waals surface area contributed by atoms with Crippen LogP contribution in [0.1, 0.15) is 28.8 Å². The summed E-state index contributed by atoms with van der Waals surface area (Å²) in [6.45, 7) is 1.68. The highest BCUT2D eigenvalue weighted by Crippen LogP contribution is 2.29. The van der Waals surface area contributed by atoms with Crippen LogP contribution in [0.3, 0.4) is 0 Å². The number of ether oxygens (including phenoxy) is 1. The largest absolute Gasteiger partial charge is 0.489 e. The van der Waals surface area contributed by atoms with Crippen molar-refractivity contribution in [2.75, 3.05) is 49.8 Å². The molecule has 2 amide bonds. The number of rotatable bonds is 12. The summed E-state index contributed by atoms with van der Waals surface area (Å²) in [5.41, 5.74) is 2.50. The molecule has 44 heavy (non-hydrogen) atoms. The number of benzene rings is 3. The Morgan fingerprint density at radius 3 is 2.52 bits per heavy atom. The Balaban J connectivity index is 1.35. The lowest BCUT2D eigenvalue weighted by molar-refractivity contribution is -0.117. The minimum atomic E-state index is -0.686. The standard InChI is InChI=1S/C32H35F2N7O3/c1-40(2)12-5-13-41(3)23-7-9-25(29(17-23)36-32(43)28-6-4-11-35-28)31(42)37-30-26-18-24(8-10-27(26)38-39-30)44-19-20-14-21(33)16-22(34)15-20/h4,7-11,14-18,28,35H,5-6,12-13,19H2,1-3H3,(H,36,43)(H2,37,38,39,42). The van der Waals surface area contributed by atoms with Crippen LogP contribution in [-0.4, -0.2) is 67.2 Å². The quantitative estimate of drug-likeness (QED) is 0.183. The summed E-state index contributed by atoms with van der Waals surface area (Å²) >= 11 is 0. The zero-order chi connectivity index (χ0) is 31.2. The average Bonchev–Trinajstić information content (AvgIpc) is 3.66. The molecule has 1 aliphatic heterocycles. The second-order valence-corrected chi connectivity index (χ2v) is 11.0. The molecule has 12 heteroatoms. The van der Waals surface area contributed by atoms with Gasteiger partial charge in [-0.3, -0.25) is 14.7 Å². The topological polar surface area (TPSA) is 115 Å². The van der Waals surface area contributed by atoms with E-state index in [1.165, 1.54) is 12.1 Å². The van der Waals surface area contributed by atoms with Gasteiger partial charge in [0.2, 0.25) is 5.91 Å². The normalized spacial score (nSPS) is 14.1. The van der Waals surface area contributed by atoms with E-state index in [4.69, 9.17) is 4.74 Å². The first kappa shape index (κ1) is 30.5. The molecule has 0 aliphatic carbocycles. The lowest BCUT2D eigenvalue weighted by Crippen LogP contribution is -2.35. The molecule has 0 saturated carbocycles. The molecule has 0 bridgehead atoms. The van der Waals surface area contributed by atoms with Gasteiger partial charge in [-0.1, -0.05) is 6.08 Å². The molecule has 4 N–H and O–H groups in total. The number of carbonyl (C=O) groups is 2. The maximum absolute atomic E-state index is 13.6. The van der Waals surface area contributed by atoms with Crippen LogP contribution in [0.5, 0.6) is 5.75 Å². The number of aromatic amines is 1. The number of nitrogens with one attached hydrogen (secondary N) is 4. The van der Waals surface area contributed by atoms with E-state index in [0.29, 0.717) is 34.3 Å². The number of anilines is 3. The third-order valence-corrected chi connectivity index (χ3v) is 7.24. The summed E-state index contributed by atoms with van der Waals surface area (Å²) in [5.74, 6) is -1.40. The average molecular weight is 604 g/mol. The Labute approximate surface area is 254 Å². The molecule has 230 valence electrons. The van der Waals surface area contributed by atoms with Gasteiger partial charge in [0, 0.05) is 30.7 Å². The molecule has 3 aromatic carbocycles. The number of H-pyrrole nitrogens is 1. The van der Waals surface area contributed by atoms with Gasteiger partial charge >= 0.3 is 0 Å². The van der Waals surface area contributed by atoms with Crippen molar-refractivity contribution in [3.8, 4) is 5.75 Å². The molecular weight excluding hydrogens is 568 g/mol. The van der Waals surface area contributed by atoms with Crippen LogP contribution in [-0.2, 0) is 11.4 Å². The molecule has 0 fully saturated rings. The number of hydrogen-bond donors (Lipinski definition) is 4. The van der Waals surface area contributed by atoms with Crippen LogP contribution in [0.15, 0.2) is 66.9 Å². The van der Waals surface area contributed by atoms with Gasteiger partial charge < -0.3 is 30.5 Å². The van der Waals surface area contributed by atoms with Crippen molar-refractivity contribution in [3.63, 3.8) is 0 Å². The molecule has 0 saturated heterocycles. The molecule has 0 radical (unpaired) electrons. The maximum atomic E-state index is 13.6. The summed E-state index contributed by atoms with van der Waals surface area (Å²) < 4.78 is 32.9. The highest BCUT2D eigenvalue weighted by Gasteiger charge is 2.23. The third kappa shape index (κ3) is 7.51. The van der Waals surface area contributed by atoms with Gasteiger partial charge in [-0.25, -0.2) is 8.78 Å². The third-order valence-electron chi connectivity index (χ3n) is 7.24. The Morgan fingerprint density at radius 2 is 1.80 bits per heavy atom. The van der Waals surface area contributed by atoms with E-state index in [9.17, 15) is 18.4 Å². The zero-order valence-electron chi connectivity index (χ0n) is 24.8. The predicted octanol–water partition coefficient (Wildman–Crippen LogP) is 4.87. The highest BCUT2D eigenvalue weighted by molar-refractivity contribution is 6.13. The maximum Gasteiger partial charge on any atom is 0.258 e. The second kappa shape index (κ2) is 13.6. The van der Waals surface area contributed by atoms with Crippen molar-refractivity contribution >= 4 is 39.9 Å². The fourth-order valence-electron chi connectivity index (χ4n) is 4.90. The molecule has 10 nitrogen and oxygen atoms in total. The smallest absolute Gasteiger partial charge is 0.258 e.